The van der Waals surface area contributed by atoms with Gasteiger partial charge in [0.2, 0.25) is 11.8 Å². The van der Waals surface area contributed by atoms with Crippen LogP contribution in [0.2, 0.25) is 0 Å². The molecular formula is C20H26N4O2. The van der Waals surface area contributed by atoms with Crippen LogP contribution in [0.3, 0.4) is 0 Å². The minimum Gasteiger partial charge on any atom is -0.341 e. The van der Waals surface area contributed by atoms with Crippen molar-refractivity contribution in [3.63, 3.8) is 0 Å². The highest BCUT2D eigenvalue weighted by atomic mass is 16.2. The molecule has 3 heterocycles. The van der Waals surface area contributed by atoms with Gasteiger partial charge in [-0.1, -0.05) is 12.1 Å². The van der Waals surface area contributed by atoms with E-state index in [1.54, 1.807) is 6.33 Å². The van der Waals surface area contributed by atoms with Gasteiger partial charge in [-0.3, -0.25) is 9.59 Å². The van der Waals surface area contributed by atoms with E-state index >= 15 is 0 Å². The van der Waals surface area contributed by atoms with Gasteiger partial charge in [0.15, 0.2) is 0 Å². The predicted molar refractivity (Wildman–Crippen MR) is 99.6 cm³/mol. The second-order valence-electron chi connectivity index (χ2n) is 7.42. The van der Waals surface area contributed by atoms with Gasteiger partial charge >= 0.3 is 0 Å². The Morgan fingerprint density at radius 3 is 2.81 bits per heavy atom. The van der Waals surface area contributed by atoms with Gasteiger partial charge in [-0.2, -0.15) is 0 Å². The van der Waals surface area contributed by atoms with E-state index in [0.717, 1.165) is 56.4 Å². The van der Waals surface area contributed by atoms with Crippen molar-refractivity contribution in [3.8, 4) is 0 Å². The highest BCUT2D eigenvalue weighted by Crippen LogP contribution is 2.24. The van der Waals surface area contributed by atoms with Crippen LogP contribution in [-0.4, -0.2) is 56.8 Å². The molecule has 0 spiro atoms. The second kappa shape index (κ2) is 7.09. The average Bonchev–Trinajstić information content (AvgIpc) is 3.20. The van der Waals surface area contributed by atoms with Crippen molar-refractivity contribution in [2.24, 2.45) is 0 Å². The molecule has 0 aliphatic carbocycles. The Morgan fingerprint density at radius 2 is 2.00 bits per heavy atom. The fourth-order valence-electron chi connectivity index (χ4n) is 4.34. The Morgan fingerprint density at radius 1 is 1.15 bits per heavy atom. The molecule has 4 rings (SSSR count). The predicted octanol–water partition coefficient (Wildman–Crippen LogP) is 2.60. The van der Waals surface area contributed by atoms with E-state index in [2.05, 4.69) is 4.98 Å². The molecule has 0 N–H and O–H groups in total. The molecule has 0 saturated carbocycles. The van der Waals surface area contributed by atoms with Crippen LogP contribution in [0.5, 0.6) is 0 Å². The van der Waals surface area contributed by atoms with Crippen LogP contribution >= 0.6 is 0 Å². The number of amides is 2. The zero-order chi connectivity index (χ0) is 18.1. The van der Waals surface area contributed by atoms with Crippen LogP contribution < -0.4 is 0 Å². The lowest BCUT2D eigenvalue weighted by molar-refractivity contribution is -0.134. The molecule has 2 saturated heterocycles. The number of fused-ring (bicyclic) bond motifs is 1. The van der Waals surface area contributed by atoms with Crippen LogP contribution in [-0.2, 0) is 9.59 Å². The summed E-state index contributed by atoms with van der Waals surface area (Å²) in [5.41, 5.74) is 1.90. The molecule has 138 valence electrons. The van der Waals surface area contributed by atoms with Crippen molar-refractivity contribution >= 4 is 22.8 Å². The van der Waals surface area contributed by atoms with Crippen LogP contribution in [0.1, 0.15) is 45.1 Å². The fraction of sp³-hybridized carbons (Fsp3) is 0.550. The van der Waals surface area contributed by atoms with Crippen LogP contribution in [0.15, 0.2) is 30.6 Å². The van der Waals surface area contributed by atoms with Crippen molar-refractivity contribution in [2.75, 3.05) is 19.6 Å². The van der Waals surface area contributed by atoms with E-state index in [0.29, 0.717) is 12.5 Å². The third-order valence-corrected chi connectivity index (χ3v) is 5.82. The Labute approximate surface area is 153 Å². The standard InChI is InChI=1S/C20H26N4O2/c1-15(24-14-21-17-7-2-3-8-18(17)24)20(26)22-11-4-6-16(10-13-22)23-12-5-9-19(23)25/h2-3,7-8,14-16H,4-6,9-13H2,1H3. The molecule has 0 bridgehead atoms. The molecule has 2 aliphatic heterocycles. The highest BCUT2D eigenvalue weighted by molar-refractivity contribution is 5.83. The van der Waals surface area contributed by atoms with E-state index in [1.165, 1.54) is 0 Å². The van der Waals surface area contributed by atoms with Crippen LogP contribution in [0.25, 0.3) is 11.0 Å². The molecule has 6 nitrogen and oxygen atoms in total. The lowest BCUT2D eigenvalue weighted by Crippen LogP contribution is -2.39. The molecule has 26 heavy (non-hydrogen) atoms. The summed E-state index contributed by atoms with van der Waals surface area (Å²) < 4.78 is 1.96. The summed E-state index contributed by atoms with van der Waals surface area (Å²) in [5.74, 6) is 0.426. The summed E-state index contributed by atoms with van der Waals surface area (Å²) in [6.45, 7) is 4.33. The maximum Gasteiger partial charge on any atom is 0.245 e. The molecular weight excluding hydrogens is 328 g/mol. The quantitative estimate of drug-likeness (QED) is 0.851. The van der Waals surface area contributed by atoms with E-state index < -0.39 is 0 Å². The zero-order valence-corrected chi connectivity index (χ0v) is 15.3. The Balaban J connectivity index is 1.45. The van der Waals surface area contributed by atoms with Crippen LogP contribution in [0.4, 0.5) is 0 Å². The number of carbonyl (C=O) groups excluding carboxylic acids is 2. The van der Waals surface area contributed by atoms with Gasteiger partial charge in [-0.15, -0.1) is 0 Å². The number of nitrogens with zero attached hydrogens (tertiary/aromatic N) is 4. The summed E-state index contributed by atoms with van der Waals surface area (Å²) in [6, 6.07) is 7.93. The summed E-state index contributed by atoms with van der Waals surface area (Å²) >= 11 is 0. The number of para-hydroxylation sites is 2. The third-order valence-electron chi connectivity index (χ3n) is 5.82. The number of hydrogen-bond acceptors (Lipinski definition) is 3. The summed E-state index contributed by atoms with van der Waals surface area (Å²) in [4.78, 5) is 33.5. The SMILES string of the molecule is CC(C(=O)N1CCCC(N2CCCC2=O)CC1)n1cnc2ccccc21. The van der Waals surface area contributed by atoms with Crippen molar-refractivity contribution in [3.05, 3.63) is 30.6 Å². The minimum absolute atomic E-state index is 0.140. The largest absolute Gasteiger partial charge is 0.341 e. The van der Waals surface area contributed by atoms with E-state index in [4.69, 9.17) is 0 Å². The molecule has 1 aromatic heterocycles. The van der Waals surface area contributed by atoms with Gasteiger partial charge in [0.05, 0.1) is 17.4 Å². The Bertz CT molecular complexity index is 815. The first kappa shape index (κ1) is 17.1. The molecule has 2 unspecified atom stereocenters. The summed E-state index contributed by atoms with van der Waals surface area (Å²) in [6.07, 6.45) is 6.26. The van der Waals surface area contributed by atoms with Gasteiger partial charge in [-0.05, 0) is 44.7 Å². The van der Waals surface area contributed by atoms with Gasteiger partial charge in [0.1, 0.15) is 6.04 Å². The number of likely N-dealkylation sites (tertiary alicyclic amines) is 2. The van der Waals surface area contributed by atoms with Gasteiger partial charge in [-0.25, -0.2) is 4.98 Å². The molecule has 2 aromatic rings. The van der Waals surface area contributed by atoms with E-state index in [1.807, 2.05) is 45.6 Å². The zero-order valence-electron chi connectivity index (χ0n) is 15.3. The maximum atomic E-state index is 13.1. The van der Waals surface area contributed by atoms with Crippen molar-refractivity contribution < 1.29 is 9.59 Å². The van der Waals surface area contributed by atoms with Crippen molar-refractivity contribution in [1.29, 1.82) is 0 Å². The Kier molecular flexibility index (Phi) is 4.66. The van der Waals surface area contributed by atoms with Gasteiger partial charge < -0.3 is 14.4 Å². The number of imidazole rings is 1. The van der Waals surface area contributed by atoms with Gasteiger partial charge in [0, 0.05) is 32.1 Å². The molecule has 2 aliphatic rings. The minimum atomic E-state index is -0.271. The number of rotatable bonds is 3. The number of carbonyl (C=O) groups is 2. The molecule has 0 radical (unpaired) electrons. The highest BCUT2D eigenvalue weighted by Gasteiger charge is 2.31. The first-order chi connectivity index (χ1) is 12.6. The molecule has 2 fully saturated rings. The third kappa shape index (κ3) is 3.08. The van der Waals surface area contributed by atoms with E-state index in [9.17, 15) is 9.59 Å². The Hall–Kier alpha value is -2.37. The van der Waals surface area contributed by atoms with Crippen molar-refractivity contribution in [1.82, 2.24) is 19.4 Å². The second-order valence-corrected chi connectivity index (χ2v) is 7.42. The maximum absolute atomic E-state index is 13.1. The van der Waals surface area contributed by atoms with Gasteiger partial charge in [0.25, 0.3) is 0 Å². The topological polar surface area (TPSA) is 58.4 Å². The number of hydrogen-bond donors (Lipinski definition) is 0. The summed E-state index contributed by atoms with van der Waals surface area (Å²) in [5, 5.41) is 0. The summed E-state index contributed by atoms with van der Waals surface area (Å²) in [7, 11) is 0. The lowest BCUT2D eigenvalue weighted by Gasteiger charge is -2.28. The lowest BCUT2D eigenvalue weighted by atomic mass is 10.1. The number of benzene rings is 1. The molecule has 2 atom stereocenters. The van der Waals surface area contributed by atoms with Crippen molar-refractivity contribution in [2.45, 2.75) is 51.1 Å². The number of aromatic nitrogens is 2. The molecule has 1 aromatic carbocycles. The fourth-order valence-corrected chi connectivity index (χ4v) is 4.34. The van der Waals surface area contributed by atoms with E-state index in [-0.39, 0.29) is 17.9 Å². The first-order valence-corrected chi connectivity index (χ1v) is 9.65. The monoisotopic (exact) mass is 354 g/mol. The normalized spacial score (nSPS) is 22.7. The molecule has 2 amide bonds. The smallest absolute Gasteiger partial charge is 0.245 e. The first-order valence-electron chi connectivity index (χ1n) is 9.65. The average molecular weight is 354 g/mol. The molecule has 6 heteroatoms. The van der Waals surface area contributed by atoms with Crippen LogP contribution in [0, 0.1) is 0 Å².